The highest BCUT2D eigenvalue weighted by Gasteiger charge is 2.28. The second-order valence-corrected chi connectivity index (χ2v) is 8.35. The molecule has 4 rings (SSSR count). The van der Waals surface area contributed by atoms with Gasteiger partial charge in [-0.2, -0.15) is 0 Å². The number of nitrogens with zero attached hydrogens (tertiary/aromatic N) is 3. The number of benzene rings is 1. The molecule has 0 unspecified atom stereocenters. The minimum absolute atomic E-state index is 0.0515. The minimum Gasteiger partial charge on any atom is -0.354 e. The molecule has 2 aliphatic rings. The monoisotopic (exact) mass is 378 g/mol. The smallest absolute Gasteiger partial charge is 0.225 e. The molecule has 1 aromatic heterocycles. The number of carbonyl (C=O) groups excluding carboxylic acids is 1. The van der Waals surface area contributed by atoms with E-state index in [1.807, 2.05) is 12.1 Å². The zero-order chi connectivity index (χ0) is 19.5. The number of piperidine rings is 1. The Labute approximate surface area is 167 Å². The fraction of sp³-hybridized carbons (Fsp3) is 0.522. The number of anilines is 1. The van der Waals surface area contributed by atoms with Gasteiger partial charge in [-0.25, -0.2) is 0 Å². The number of amides is 1. The van der Waals surface area contributed by atoms with Crippen LogP contribution in [0.2, 0.25) is 0 Å². The van der Waals surface area contributed by atoms with Crippen molar-refractivity contribution in [2.24, 2.45) is 5.92 Å². The molecule has 0 radical (unpaired) electrons. The van der Waals surface area contributed by atoms with Crippen LogP contribution in [0.25, 0.3) is 11.3 Å². The largest absolute Gasteiger partial charge is 0.354 e. The lowest BCUT2D eigenvalue weighted by molar-refractivity contribution is -0.125. The van der Waals surface area contributed by atoms with E-state index in [9.17, 15) is 4.79 Å². The van der Waals surface area contributed by atoms with Gasteiger partial charge in [-0.3, -0.25) is 4.79 Å². The summed E-state index contributed by atoms with van der Waals surface area (Å²) >= 11 is 0. The maximum atomic E-state index is 12.7. The summed E-state index contributed by atoms with van der Waals surface area (Å²) in [5, 5.41) is 12.2. The van der Waals surface area contributed by atoms with Crippen molar-refractivity contribution in [3.63, 3.8) is 0 Å². The Bertz CT molecular complexity index is 827. The van der Waals surface area contributed by atoms with Crippen LogP contribution in [-0.2, 0) is 4.79 Å². The van der Waals surface area contributed by atoms with Crippen LogP contribution in [0.4, 0.5) is 5.82 Å². The van der Waals surface area contributed by atoms with E-state index in [0.29, 0.717) is 6.04 Å². The highest BCUT2D eigenvalue weighted by Crippen LogP contribution is 2.25. The molecular weight excluding hydrogens is 348 g/mol. The van der Waals surface area contributed by atoms with Crippen molar-refractivity contribution in [1.82, 2.24) is 15.5 Å². The van der Waals surface area contributed by atoms with Crippen molar-refractivity contribution < 1.29 is 4.79 Å². The second kappa shape index (κ2) is 8.29. The average molecular weight is 379 g/mol. The molecule has 1 aliphatic heterocycles. The third kappa shape index (κ3) is 4.18. The Morgan fingerprint density at radius 2 is 1.82 bits per heavy atom. The van der Waals surface area contributed by atoms with Crippen LogP contribution < -0.4 is 10.2 Å². The van der Waals surface area contributed by atoms with E-state index in [2.05, 4.69) is 52.5 Å². The van der Waals surface area contributed by atoms with Crippen molar-refractivity contribution >= 4 is 11.7 Å². The van der Waals surface area contributed by atoms with Crippen LogP contribution in [0, 0.1) is 19.8 Å². The summed E-state index contributed by atoms with van der Waals surface area (Å²) in [5.41, 5.74) is 4.52. The predicted octanol–water partition coefficient (Wildman–Crippen LogP) is 4.04. The highest BCUT2D eigenvalue weighted by atomic mass is 16.2. The normalized spacial score (nSPS) is 20.4. The fourth-order valence-corrected chi connectivity index (χ4v) is 4.34. The lowest BCUT2D eigenvalue weighted by atomic mass is 9.96. The number of rotatable bonds is 4. The number of hydrogen-bond donors (Lipinski definition) is 1. The first-order valence-electron chi connectivity index (χ1n) is 10.6. The highest BCUT2D eigenvalue weighted by molar-refractivity contribution is 5.80. The summed E-state index contributed by atoms with van der Waals surface area (Å²) in [5.74, 6) is 1.14. The second-order valence-electron chi connectivity index (χ2n) is 8.35. The van der Waals surface area contributed by atoms with Gasteiger partial charge in [0.2, 0.25) is 5.91 Å². The molecule has 5 nitrogen and oxygen atoms in total. The topological polar surface area (TPSA) is 58.1 Å². The molecule has 1 saturated heterocycles. The summed E-state index contributed by atoms with van der Waals surface area (Å²) in [6.45, 7) is 5.90. The lowest BCUT2D eigenvalue weighted by Gasteiger charge is -2.33. The van der Waals surface area contributed by atoms with E-state index in [-0.39, 0.29) is 11.8 Å². The number of hydrogen-bond acceptors (Lipinski definition) is 4. The molecule has 5 heteroatoms. The van der Waals surface area contributed by atoms with Crippen LogP contribution in [0.15, 0.2) is 30.3 Å². The van der Waals surface area contributed by atoms with E-state index in [4.69, 9.17) is 0 Å². The van der Waals surface area contributed by atoms with Gasteiger partial charge >= 0.3 is 0 Å². The molecule has 28 heavy (non-hydrogen) atoms. The Kier molecular flexibility index (Phi) is 5.60. The van der Waals surface area contributed by atoms with Crippen molar-refractivity contribution in [3.8, 4) is 11.3 Å². The molecule has 1 aliphatic carbocycles. The van der Waals surface area contributed by atoms with Crippen LogP contribution >= 0.6 is 0 Å². The van der Waals surface area contributed by atoms with E-state index >= 15 is 0 Å². The first-order valence-corrected chi connectivity index (χ1v) is 10.6. The third-order valence-corrected chi connectivity index (χ3v) is 6.27. The van der Waals surface area contributed by atoms with Gasteiger partial charge in [-0.1, -0.05) is 25.0 Å². The molecule has 2 heterocycles. The van der Waals surface area contributed by atoms with Crippen LogP contribution in [0.3, 0.4) is 0 Å². The zero-order valence-corrected chi connectivity index (χ0v) is 16.9. The molecular formula is C23H30N4O. The van der Waals surface area contributed by atoms with Crippen LogP contribution in [0.5, 0.6) is 0 Å². The molecule has 148 valence electrons. The van der Waals surface area contributed by atoms with Gasteiger partial charge in [0, 0.05) is 24.7 Å². The molecule has 1 amide bonds. The predicted molar refractivity (Wildman–Crippen MR) is 112 cm³/mol. The Balaban J connectivity index is 1.41. The van der Waals surface area contributed by atoms with Crippen LogP contribution in [0.1, 0.15) is 49.7 Å². The van der Waals surface area contributed by atoms with Crippen molar-refractivity contribution in [3.05, 3.63) is 41.5 Å². The maximum absolute atomic E-state index is 12.7. The SMILES string of the molecule is Cc1ccc(-c2ccc(N3CCC[C@H](C(=O)NC4CCCC4)C3)nn2)cc1C. The zero-order valence-electron chi connectivity index (χ0n) is 16.9. The maximum Gasteiger partial charge on any atom is 0.225 e. The quantitative estimate of drug-likeness (QED) is 0.872. The summed E-state index contributed by atoms with van der Waals surface area (Å²) in [4.78, 5) is 14.9. The lowest BCUT2D eigenvalue weighted by Crippen LogP contribution is -2.45. The first-order chi connectivity index (χ1) is 13.6. The van der Waals surface area contributed by atoms with Gasteiger partial charge < -0.3 is 10.2 Å². The number of carbonyl (C=O) groups is 1. The van der Waals surface area contributed by atoms with Gasteiger partial charge in [-0.05, 0) is 68.9 Å². The summed E-state index contributed by atoms with van der Waals surface area (Å²) in [7, 11) is 0. The van der Waals surface area contributed by atoms with Crippen molar-refractivity contribution in [2.75, 3.05) is 18.0 Å². The fourth-order valence-electron chi connectivity index (χ4n) is 4.34. The molecule has 0 spiro atoms. The summed E-state index contributed by atoms with van der Waals surface area (Å²) < 4.78 is 0. The number of aromatic nitrogens is 2. The molecule has 2 fully saturated rings. The minimum atomic E-state index is 0.0515. The Morgan fingerprint density at radius 1 is 1.00 bits per heavy atom. The standard InChI is InChI=1S/C23H30N4O/c1-16-9-10-18(14-17(16)2)21-11-12-22(26-25-21)27-13-5-6-19(15-27)23(28)24-20-7-3-4-8-20/h9-12,14,19-20H,3-8,13,15H2,1-2H3,(H,24,28)/t19-/m0/s1. The van der Waals surface area contributed by atoms with Gasteiger partial charge in [0.1, 0.15) is 0 Å². The van der Waals surface area contributed by atoms with E-state index in [1.54, 1.807) is 0 Å². The van der Waals surface area contributed by atoms with E-state index in [1.165, 1.54) is 24.0 Å². The number of aryl methyl sites for hydroxylation is 2. The van der Waals surface area contributed by atoms with Crippen molar-refractivity contribution in [1.29, 1.82) is 0 Å². The molecule has 0 bridgehead atoms. The Morgan fingerprint density at radius 3 is 2.54 bits per heavy atom. The molecule has 1 saturated carbocycles. The number of nitrogens with one attached hydrogen (secondary N) is 1. The summed E-state index contributed by atoms with van der Waals surface area (Å²) in [6.07, 6.45) is 6.72. The molecule has 2 aromatic rings. The van der Waals surface area contributed by atoms with E-state index < -0.39 is 0 Å². The van der Waals surface area contributed by atoms with Gasteiger partial charge in [0.05, 0.1) is 11.6 Å². The van der Waals surface area contributed by atoms with E-state index in [0.717, 1.165) is 55.8 Å². The van der Waals surface area contributed by atoms with Crippen molar-refractivity contribution in [2.45, 2.75) is 58.4 Å². The molecule has 1 atom stereocenters. The van der Waals surface area contributed by atoms with Gasteiger partial charge in [0.15, 0.2) is 5.82 Å². The van der Waals surface area contributed by atoms with Crippen LogP contribution in [-0.4, -0.2) is 35.2 Å². The van der Waals surface area contributed by atoms with Gasteiger partial charge in [-0.15, -0.1) is 10.2 Å². The average Bonchev–Trinajstić information content (AvgIpc) is 3.23. The van der Waals surface area contributed by atoms with Gasteiger partial charge in [0.25, 0.3) is 0 Å². The molecule has 1 aromatic carbocycles. The summed E-state index contributed by atoms with van der Waals surface area (Å²) in [6, 6.07) is 10.8. The molecule has 1 N–H and O–H groups in total. The Hall–Kier alpha value is -2.43. The third-order valence-electron chi connectivity index (χ3n) is 6.27. The first kappa shape index (κ1) is 18.9.